The van der Waals surface area contributed by atoms with Crippen molar-refractivity contribution < 1.29 is 9.59 Å². The molecule has 0 bridgehead atoms. The monoisotopic (exact) mass is 458 g/mol. The zero-order valence-electron chi connectivity index (χ0n) is 17.2. The van der Waals surface area contributed by atoms with Gasteiger partial charge in [-0.05, 0) is 48.7 Å². The summed E-state index contributed by atoms with van der Waals surface area (Å²) >= 11 is 12.1. The van der Waals surface area contributed by atoms with Gasteiger partial charge in [-0.1, -0.05) is 48.3 Å². The Morgan fingerprint density at radius 3 is 2.65 bits per heavy atom. The number of halogens is 2. The van der Waals surface area contributed by atoms with Crippen molar-refractivity contribution in [2.24, 2.45) is 0 Å². The smallest absolute Gasteiger partial charge is 0.244 e. The highest BCUT2D eigenvalue weighted by Crippen LogP contribution is 2.25. The Bertz CT molecular complexity index is 1040. The van der Waals surface area contributed by atoms with Crippen LogP contribution in [0.1, 0.15) is 25.3 Å². The number of nitrogens with one attached hydrogen (secondary N) is 1. The Hall–Kier alpha value is -2.83. The third kappa shape index (κ3) is 6.57. The van der Waals surface area contributed by atoms with E-state index in [0.29, 0.717) is 35.1 Å². The molecule has 8 heteroatoms. The first-order valence-corrected chi connectivity index (χ1v) is 10.8. The van der Waals surface area contributed by atoms with Crippen LogP contribution in [-0.4, -0.2) is 39.6 Å². The topological polar surface area (TPSA) is 67.2 Å². The van der Waals surface area contributed by atoms with Crippen molar-refractivity contribution in [3.8, 4) is 5.69 Å². The summed E-state index contributed by atoms with van der Waals surface area (Å²) in [5.74, 6) is -0.399. The number of carbonyl (C=O) groups is 2. The van der Waals surface area contributed by atoms with Gasteiger partial charge in [0.15, 0.2) is 0 Å². The molecule has 1 N–H and O–H groups in total. The lowest BCUT2D eigenvalue weighted by Crippen LogP contribution is -2.38. The van der Waals surface area contributed by atoms with Gasteiger partial charge in [-0.15, -0.1) is 0 Å². The van der Waals surface area contributed by atoms with Crippen LogP contribution in [0.3, 0.4) is 0 Å². The van der Waals surface area contributed by atoms with Crippen molar-refractivity contribution in [3.63, 3.8) is 0 Å². The fraction of sp³-hybridized carbons (Fsp3) is 0.261. The highest BCUT2D eigenvalue weighted by Gasteiger charge is 2.17. The number of carbonyl (C=O) groups excluding carboxylic acids is 2. The molecule has 1 heterocycles. The number of benzene rings is 2. The molecule has 0 aliphatic heterocycles. The van der Waals surface area contributed by atoms with Crippen LogP contribution in [0.4, 0.5) is 5.69 Å². The minimum Gasteiger partial charge on any atom is -0.333 e. The predicted octanol–water partition coefficient (Wildman–Crippen LogP) is 4.99. The summed E-state index contributed by atoms with van der Waals surface area (Å²) in [6.45, 7) is 2.42. The normalized spacial score (nSPS) is 10.7. The van der Waals surface area contributed by atoms with Crippen LogP contribution in [0, 0.1) is 0 Å². The van der Waals surface area contributed by atoms with E-state index in [4.69, 9.17) is 23.2 Å². The number of anilines is 1. The zero-order valence-corrected chi connectivity index (χ0v) is 18.7. The maximum Gasteiger partial charge on any atom is 0.244 e. The summed E-state index contributed by atoms with van der Waals surface area (Å²) < 4.78 is 1.78. The third-order valence-electron chi connectivity index (χ3n) is 4.67. The van der Waals surface area contributed by atoms with Gasteiger partial charge in [0, 0.05) is 24.2 Å². The number of hydrogen-bond acceptors (Lipinski definition) is 3. The maximum atomic E-state index is 12.8. The minimum atomic E-state index is -0.317. The van der Waals surface area contributed by atoms with E-state index in [2.05, 4.69) is 10.4 Å². The third-order valence-corrected chi connectivity index (χ3v) is 5.23. The Morgan fingerprint density at radius 2 is 1.90 bits per heavy atom. The summed E-state index contributed by atoms with van der Waals surface area (Å²) in [5, 5.41) is 7.95. The van der Waals surface area contributed by atoms with Crippen LogP contribution in [0.15, 0.2) is 60.9 Å². The molecule has 3 aromatic rings. The van der Waals surface area contributed by atoms with Gasteiger partial charge in [-0.2, -0.15) is 5.10 Å². The predicted molar refractivity (Wildman–Crippen MR) is 124 cm³/mol. The van der Waals surface area contributed by atoms with Gasteiger partial charge in [-0.3, -0.25) is 9.59 Å². The van der Waals surface area contributed by atoms with Crippen molar-refractivity contribution in [2.75, 3.05) is 18.4 Å². The summed E-state index contributed by atoms with van der Waals surface area (Å²) in [7, 11) is 0. The molecule has 0 unspecified atom stereocenters. The van der Waals surface area contributed by atoms with Gasteiger partial charge < -0.3 is 10.2 Å². The molecule has 31 heavy (non-hydrogen) atoms. The van der Waals surface area contributed by atoms with Gasteiger partial charge in [0.1, 0.15) is 0 Å². The van der Waals surface area contributed by atoms with Crippen LogP contribution in [0.25, 0.3) is 5.69 Å². The molecule has 0 saturated carbocycles. The van der Waals surface area contributed by atoms with Crippen molar-refractivity contribution in [1.82, 2.24) is 14.7 Å². The lowest BCUT2D eigenvalue weighted by Gasteiger charge is -2.21. The number of aryl methyl sites for hydroxylation is 1. The van der Waals surface area contributed by atoms with Gasteiger partial charge in [0.25, 0.3) is 0 Å². The van der Waals surface area contributed by atoms with Crippen LogP contribution in [0.2, 0.25) is 10.0 Å². The van der Waals surface area contributed by atoms with Crippen LogP contribution < -0.4 is 5.32 Å². The van der Waals surface area contributed by atoms with Gasteiger partial charge in [0.2, 0.25) is 11.8 Å². The van der Waals surface area contributed by atoms with Crippen LogP contribution in [0.5, 0.6) is 0 Å². The Kier molecular flexibility index (Phi) is 8.09. The second-order valence-electron chi connectivity index (χ2n) is 7.12. The van der Waals surface area contributed by atoms with E-state index >= 15 is 0 Å². The molecular weight excluding hydrogens is 435 g/mol. The standard InChI is InChI=1S/C23H24Cl2N4O2/c1-2-12-28(16-22(30)27-21-13-18(24)9-10-20(21)25)23(31)11-8-17-14-26-29(15-17)19-6-4-3-5-7-19/h3-7,9-10,13-15H,2,8,11-12,16H2,1H3,(H,27,30). The van der Waals surface area contributed by atoms with E-state index in [1.807, 2.05) is 43.5 Å². The minimum absolute atomic E-state index is 0.0429. The molecule has 2 amide bonds. The molecule has 0 aliphatic carbocycles. The quantitative estimate of drug-likeness (QED) is 0.490. The molecule has 0 radical (unpaired) electrons. The lowest BCUT2D eigenvalue weighted by atomic mass is 10.2. The summed E-state index contributed by atoms with van der Waals surface area (Å²) in [4.78, 5) is 26.8. The SMILES string of the molecule is CCCN(CC(=O)Nc1cc(Cl)ccc1Cl)C(=O)CCc1cnn(-c2ccccc2)c1. The number of para-hydroxylation sites is 1. The van der Waals surface area contributed by atoms with E-state index in [0.717, 1.165) is 17.7 Å². The van der Waals surface area contributed by atoms with Gasteiger partial charge in [-0.25, -0.2) is 4.68 Å². The van der Waals surface area contributed by atoms with Gasteiger partial charge >= 0.3 is 0 Å². The van der Waals surface area contributed by atoms with E-state index < -0.39 is 0 Å². The number of rotatable bonds is 9. The Balaban J connectivity index is 1.57. The van der Waals surface area contributed by atoms with E-state index in [1.54, 1.807) is 34.0 Å². The zero-order chi connectivity index (χ0) is 22.2. The average molecular weight is 459 g/mol. The second kappa shape index (κ2) is 11.0. The number of nitrogens with zero attached hydrogens (tertiary/aromatic N) is 3. The first-order chi connectivity index (χ1) is 15.0. The second-order valence-corrected chi connectivity index (χ2v) is 7.96. The molecule has 162 valence electrons. The van der Waals surface area contributed by atoms with E-state index in [-0.39, 0.29) is 18.4 Å². The first-order valence-electron chi connectivity index (χ1n) is 10.1. The average Bonchev–Trinajstić information content (AvgIpc) is 3.24. The molecule has 3 rings (SSSR count). The molecule has 0 atom stereocenters. The fourth-order valence-corrected chi connectivity index (χ4v) is 3.48. The summed E-state index contributed by atoms with van der Waals surface area (Å²) in [6, 6.07) is 14.6. The number of aromatic nitrogens is 2. The molecular formula is C23H24Cl2N4O2. The molecule has 6 nitrogen and oxygen atoms in total. The molecule has 0 saturated heterocycles. The van der Waals surface area contributed by atoms with Gasteiger partial charge in [0.05, 0.1) is 29.1 Å². The first kappa shape index (κ1) is 22.8. The molecule has 2 aromatic carbocycles. The highest BCUT2D eigenvalue weighted by atomic mass is 35.5. The van der Waals surface area contributed by atoms with Crippen molar-refractivity contribution >= 4 is 40.7 Å². The van der Waals surface area contributed by atoms with E-state index in [1.165, 1.54) is 0 Å². The van der Waals surface area contributed by atoms with Crippen LogP contribution >= 0.6 is 23.2 Å². The number of hydrogen-bond donors (Lipinski definition) is 1. The fourth-order valence-electron chi connectivity index (χ4n) is 3.14. The van der Waals surface area contributed by atoms with Crippen molar-refractivity contribution in [2.45, 2.75) is 26.2 Å². The largest absolute Gasteiger partial charge is 0.333 e. The molecule has 1 aromatic heterocycles. The Labute approximate surface area is 191 Å². The maximum absolute atomic E-state index is 12.8. The Morgan fingerprint density at radius 1 is 1.13 bits per heavy atom. The summed E-state index contributed by atoms with van der Waals surface area (Å²) in [5.41, 5.74) is 2.35. The molecule has 0 aliphatic rings. The lowest BCUT2D eigenvalue weighted by molar-refractivity contribution is -0.134. The van der Waals surface area contributed by atoms with Crippen molar-refractivity contribution in [1.29, 1.82) is 0 Å². The number of amides is 2. The molecule has 0 fully saturated rings. The molecule has 0 spiro atoms. The summed E-state index contributed by atoms with van der Waals surface area (Å²) in [6.07, 6.45) is 5.28. The van der Waals surface area contributed by atoms with Crippen molar-refractivity contribution in [3.05, 3.63) is 76.5 Å². The van der Waals surface area contributed by atoms with E-state index in [9.17, 15) is 9.59 Å². The van der Waals surface area contributed by atoms with Crippen LogP contribution in [-0.2, 0) is 16.0 Å². The highest BCUT2D eigenvalue weighted by molar-refractivity contribution is 6.35.